The SMILES string of the molecule is CCOC(=O)C(CCSC)C1CNN(N[N+](=O)[O-])N(Cc2ccco2)C1. The molecule has 0 aliphatic carbocycles. The molecule has 1 aliphatic heterocycles. The smallest absolute Gasteiger partial charge is 0.309 e. The van der Waals surface area contributed by atoms with Crippen LogP contribution in [0.3, 0.4) is 0 Å². The maximum atomic E-state index is 12.4. The molecule has 2 rings (SSSR count). The standard InChI is InChI=1S/C15H25N5O5S/c1-3-24-15(21)14(6-8-26-2)12-9-16-19(17-20(22)23)18(10-12)11-13-5-4-7-25-13/h4-5,7,12,14,16-17H,3,6,8-11H2,1-2H3. The highest BCUT2D eigenvalue weighted by atomic mass is 32.2. The molecular weight excluding hydrogens is 362 g/mol. The van der Waals surface area contributed by atoms with Crippen molar-refractivity contribution in [3.63, 3.8) is 0 Å². The minimum absolute atomic E-state index is 0.0408. The summed E-state index contributed by atoms with van der Waals surface area (Å²) in [6, 6.07) is 3.56. The van der Waals surface area contributed by atoms with Gasteiger partial charge in [-0.3, -0.25) is 4.79 Å². The van der Waals surface area contributed by atoms with E-state index in [2.05, 4.69) is 11.0 Å². The fourth-order valence-electron chi connectivity index (χ4n) is 2.92. The van der Waals surface area contributed by atoms with Crippen LogP contribution in [0.2, 0.25) is 0 Å². The van der Waals surface area contributed by atoms with Crippen molar-refractivity contribution in [2.24, 2.45) is 11.8 Å². The first-order valence-electron chi connectivity index (χ1n) is 8.42. The maximum absolute atomic E-state index is 12.4. The van der Waals surface area contributed by atoms with Crippen LogP contribution in [0.5, 0.6) is 0 Å². The van der Waals surface area contributed by atoms with Crippen molar-refractivity contribution in [3.05, 3.63) is 34.3 Å². The number of rotatable bonds is 10. The van der Waals surface area contributed by atoms with Crippen molar-refractivity contribution < 1.29 is 19.0 Å². The van der Waals surface area contributed by atoms with E-state index in [0.717, 1.165) is 5.75 Å². The summed E-state index contributed by atoms with van der Waals surface area (Å²) >= 11 is 1.67. The quantitative estimate of drug-likeness (QED) is 0.343. The minimum atomic E-state index is -0.640. The number of esters is 1. The van der Waals surface area contributed by atoms with Crippen LogP contribution in [0.15, 0.2) is 22.8 Å². The monoisotopic (exact) mass is 387 g/mol. The molecule has 1 aromatic rings. The van der Waals surface area contributed by atoms with Gasteiger partial charge in [0, 0.05) is 19.0 Å². The summed E-state index contributed by atoms with van der Waals surface area (Å²) in [5, 5.41) is 13.2. The number of hydrogen-bond donors (Lipinski definition) is 2. The molecule has 0 spiro atoms. The molecule has 1 fully saturated rings. The number of hydrazine groups is 4. The van der Waals surface area contributed by atoms with Gasteiger partial charge < -0.3 is 9.15 Å². The van der Waals surface area contributed by atoms with Gasteiger partial charge in [0.2, 0.25) is 0 Å². The van der Waals surface area contributed by atoms with E-state index >= 15 is 0 Å². The summed E-state index contributed by atoms with van der Waals surface area (Å²) in [6.07, 6.45) is 4.24. The van der Waals surface area contributed by atoms with E-state index in [9.17, 15) is 14.9 Å². The van der Waals surface area contributed by atoms with E-state index in [0.29, 0.717) is 38.4 Å². The lowest BCUT2D eigenvalue weighted by atomic mass is 9.89. The average molecular weight is 387 g/mol. The summed E-state index contributed by atoms with van der Waals surface area (Å²) in [5.41, 5.74) is 5.08. The van der Waals surface area contributed by atoms with Crippen molar-refractivity contribution in [2.75, 3.05) is 31.7 Å². The minimum Gasteiger partial charge on any atom is -0.468 e. The van der Waals surface area contributed by atoms with Gasteiger partial charge in [0.15, 0.2) is 5.03 Å². The Bertz CT molecular complexity index is 573. The van der Waals surface area contributed by atoms with Gasteiger partial charge in [-0.05, 0) is 48.2 Å². The Hall–Kier alpha value is -1.82. The third-order valence-corrected chi connectivity index (χ3v) is 4.76. The molecule has 0 bridgehead atoms. The topological polar surface area (TPSA) is 113 Å². The van der Waals surface area contributed by atoms with Gasteiger partial charge in [0.1, 0.15) is 5.76 Å². The average Bonchev–Trinajstić information content (AvgIpc) is 3.10. The number of hydrogen-bond acceptors (Lipinski definition) is 9. The van der Waals surface area contributed by atoms with Crippen LogP contribution in [0.4, 0.5) is 0 Å². The lowest BCUT2D eigenvalue weighted by Crippen LogP contribution is -2.66. The predicted octanol–water partition coefficient (Wildman–Crippen LogP) is 1.06. The van der Waals surface area contributed by atoms with Crippen molar-refractivity contribution >= 4 is 17.7 Å². The predicted molar refractivity (Wildman–Crippen MR) is 95.7 cm³/mol. The highest BCUT2D eigenvalue weighted by Gasteiger charge is 2.37. The third kappa shape index (κ3) is 5.87. The normalized spacial score (nSPS) is 19.8. The zero-order valence-electron chi connectivity index (χ0n) is 14.9. The maximum Gasteiger partial charge on any atom is 0.309 e. The van der Waals surface area contributed by atoms with Crippen molar-refractivity contribution in [1.82, 2.24) is 21.2 Å². The molecule has 2 atom stereocenters. The second-order valence-corrected chi connectivity index (χ2v) is 6.84. The summed E-state index contributed by atoms with van der Waals surface area (Å²) in [7, 11) is 0. The Morgan fingerprint density at radius 2 is 2.46 bits per heavy atom. The Labute approximate surface area is 156 Å². The molecule has 0 amide bonds. The summed E-state index contributed by atoms with van der Waals surface area (Å²) in [5.74, 6) is 0.976. The Balaban J connectivity index is 2.10. The summed E-state index contributed by atoms with van der Waals surface area (Å²) in [4.78, 5) is 23.2. The van der Waals surface area contributed by atoms with E-state index in [4.69, 9.17) is 9.15 Å². The number of carbonyl (C=O) groups excluding carboxylic acids is 1. The van der Waals surface area contributed by atoms with Crippen LogP contribution in [0, 0.1) is 22.0 Å². The highest BCUT2D eigenvalue weighted by Crippen LogP contribution is 2.24. The number of ether oxygens (including phenoxy) is 1. The van der Waals surface area contributed by atoms with E-state index in [1.165, 1.54) is 5.23 Å². The molecule has 0 aromatic carbocycles. The molecule has 26 heavy (non-hydrogen) atoms. The molecule has 2 N–H and O–H groups in total. The summed E-state index contributed by atoms with van der Waals surface area (Å²) < 4.78 is 10.6. The van der Waals surface area contributed by atoms with Gasteiger partial charge >= 0.3 is 5.97 Å². The Kier molecular flexibility index (Phi) is 8.16. The van der Waals surface area contributed by atoms with Crippen LogP contribution in [-0.2, 0) is 16.1 Å². The fourth-order valence-corrected chi connectivity index (χ4v) is 3.41. The second-order valence-electron chi connectivity index (χ2n) is 5.86. The van der Waals surface area contributed by atoms with Crippen molar-refractivity contribution in [1.29, 1.82) is 0 Å². The summed E-state index contributed by atoms with van der Waals surface area (Å²) in [6.45, 7) is 3.32. The molecule has 0 radical (unpaired) electrons. The number of nitrogens with zero attached hydrogens (tertiary/aromatic N) is 3. The van der Waals surface area contributed by atoms with E-state index < -0.39 is 5.03 Å². The molecule has 10 nitrogen and oxygen atoms in total. The van der Waals surface area contributed by atoms with Gasteiger partial charge in [0.25, 0.3) is 0 Å². The molecule has 1 aliphatic rings. The second kappa shape index (κ2) is 10.4. The zero-order chi connectivity index (χ0) is 18.9. The van der Waals surface area contributed by atoms with Gasteiger partial charge in [-0.25, -0.2) is 15.5 Å². The fraction of sp³-hybridized carbons (Fsp3) is 0.667. The molecule has 1 saturated heterocycles. The number of carbonyl (C=O) groups is 1. The number of furan rings is 1. The number of nitro groups is 1. The lowest BCUT2D eigenvalue weighted by Gasteiger charge is -2.41. The van der Waals surface area contributed by atoms with E-state index in [1.54, 1.807) is 42.1 Å². The molecule has 2 heterocycles. The van der Waals surface area contributed by atoms with Crippen molar-refractivity contribution in [2.45, 2.75) is 19.9 Å². The van der Waals surface area contributed by atoms with Gasteiger partial charge in [-0.1, -0.05) is 0 Å². The van der Waals surface area contributed by atoms with Crippen LogP contribution >= 0.6 is 11.8 Å². The third-order valence-electron chi connectivity index (χ3n) is 4.12. The first kappa shape index (κ1) is 20.5. The van der Waals surface area contributed by atoms with Gasteiger partial charge in [-0.15, -0.1) is 0 Å². The van der Waals surface area contributed by atoms with E-state index in [1.807, 2.05) is 6.26 Å². The zero-order valence-corrected chi connectivity index (χ0v) is 15.7. The molecule has 146 valence electrons. The molecule has 11 heteroatoms. The van der Waals surface area contributed by atoms with Crippen LogP contribution in [0.25, 0.3) is 0 Å². The largest absolute Gasteiger partial charge is 0.468 e. The molecule has 1 aromatic heterocycles. The molecule has 0 saturated carbocycles. The lowest BCUT2D eigenvalue weighted by molar-refractivity contribution is -0.599. The highest BCUT2D eigenvalue weighted by molar-refractivity contribution is 7.98. The number of nitrogens with one attached hydrogen (secondary N) is 2. The van der Waals surface area contributed by atoms with Crippen molar-refractivity contribution in [3.8, 4) is 0 Å². The molecule has 2 unspecified atom stereocenters. The first-order valence-corrected chi connectivity index (χ1v) is 9.81. The number of thioether (sulfide) groups is 1. The molecular formula is C15H25N5O5S. The Morgan fingerprint density at radius 3 is 3.08 bits per heavy atom. The van der Waals surface area contributed by atoms with Gasteiger partial charge in [0.05, 0.1) is 25.3 Å². The van der Waals surface area contributed by atoms with Crippen LogP contribution in [0.1, 0.15) is 19.1 Å². The van der Waals surface area contributed by atoms with Crippen LogP contribution < -0.4 is 11.0 Å². The van der Waals surface area contributed by atoms with Crippen LogP contribution in [-0.4, -0.2) is 52.9 Å². The Morgan fingerprint density at radius 1 is 1.65 bits per heavy atom. The van der Waals surface area contributed by atoms with E-state index in [-0.39, 0.29) is 17.8 Å². The first-order chi connectivity index (χ1) is 12.5. The van der Waals surface area contributed by atoms with Gasteiger partial charge in [-0.2, -0.15) is 16.8 Å².